The summed E-state index contributed by atoms with van der Waals surface area (Å²) in [6, 6.07) is 0.985. The number of carbonyl (C=O) groups is 1. The van der Waals surface area contributed by atoms with E-state index in [0.717, 1.165) is 32.4 Å². The predicted molar refractivity (Wildman–Crippen MR) is 64.0 cm³/mol. The molecule has 3 N–H and O–H groups in total. The number of hydrogen-bond donors (Lipinski definition) is 2. The van der Waals surface area contributed by atoms with Crippen LogP contribution in [-0.4, -0.2) is 43.0 Å². The number of hydrogen-bond acceptors (Lipinski definition) is 3. The topological polar surface area (TPSA) is 58.4 Å². The maximum absolute atomic E-state index is 11.8. The largest absolute Gasteiger partial charge is 0.359 e. The van der Waals surface area contributed by atoms with Crippen molar-refractivity contribution in [2.45, 2.75) is 44.7 Å². The van der Waals surface area contributed by atoms with Gasteiger partial charge in [-0.1, -0.05) is 0 Å². The minimum atomic E-state index is -0.193. The maximum Gasteiger partial charge on any atom is 0.227 e. The van der Waals surface area contributed by atoms with Crippen LogP contribution in [0, 0.1) is 5.41 Å². The van der Waals surface area contributed by atoms with Crippen LogP contribution in [0.3, 0.4) is 0 Å². The van der Waals surface area contributed by atoms with Crippen molar-refractivity contribution in [2.75, 3.05) is 20.1 Å². The molecule has 3 atom stereocenters. The molecular weight excluding hydrogens is 202 g/mol. The van der Waals surface area contributed by atoms with Crippen molar-refractivity contribution >= 4 is 5.91 Å². The Hall–Kier alpha value is -0.610. The van der Waals surface area contributed by atoms with Crippen LogP contribution in [0.25, 0.3) is 0 Å². The van der Waals surface area contributed by atoms with Crippen molar-refractivity contribution < 1.29 is 4.79 Å². The van der Waals surface area contributed by atoms with Gasteiger partial charge in [-0.15, -0.1) is 0 Å². The lowest BCUT2D eigenvalue weighted by atomic mass is 9.89. The molecule has 92 valence electrons. The van der Waals surface area contributed by atoms with Gasteiger partial charge in [0, 0.05) is 25.7 Å². The van der Waals surface area contributed by atoms with Gasteiger partial charge in [-0.25, -0.2) is 0 Å². The molecule has 1 saturated carbocycles. The molecule has 4 nitrogen and oxygen atoms in total. The highest BCUT2D eigenvalue weighted by atomic mass is 16.2. The summed E-state index contributed by atoms with van der Waals surface area (Å²) in [7, 11) is 1.72. The zero-order valence-corrected chi connectivity index (χ0v) is 10.3. The Bertz CT molecular complexity index is 281. The second-order valence-corrected chi connectivity index (χ2v) is 5.59. The molecule has 0 spiro atoms. The summed E-state index contributed by atoms with van der Waals surface area (Å²) >= 11 is 0. The van der Waals surface area contributed by atoms with Crippen molar-refractivity contribution in [3.63, 3.8) is 0 Å². The summed E-state index contributed by atoms with van der Waals surface area (Å²) in [6.07, 6.45) is 4.41. The Labute approximate surface area is 97.6 Å². The number of rotatable bonds is 2. The highest BCUT2D eigenvalue weighted by molar-refractivity contribution is 5.82. The van der Waals surface area contributed by atoms with E-state index in [-0.39, 0.29) is 11.3 Å². The Balaban J connectivity index is 1.95. The number of likely N-dealkylation sites (tertiary alicyclic amines) is 1. The fraction of sp³-hybridized carbons (Fsp3) is 0.917. The van der Waals surface area contributed by atoms with E-state index >= 15 is 0 Å². The van der Waals surface area contributed by atoms with E-state index in [1.54, 1.807) is 7.05 Å². The van der Waals surface area contributed by atoms with Crippen LogP contribution in [0.2, 0.25) is 0 Å². The highest BCUT2D eigenvalue weighted by Crippen LogP contribution is 2.35. The lowest BCUT2D eigenvalue weighted by molar-refractivity contribution is -0.129. The lowest BCUT2D eigenvalue weighted by Crippen LogP contribution is -2.41. The molecule has 2 fully saturated rings. The fourth-order valence-corrected chi connectivity index (χ4v) is 3.12. The molecule has 1 aliphatic carbocycles. The van der Waals surface area contributed by atoms with Gasteiger partial charge in [-0.05, 0) is 39.2 Å². The standard InChI is InChI=1S/C12H23N3O/c1-12(11(16)14-2)5-6-15(8-12)10-4-3-9(13)7-10/h9-10H,3-8,13H2,1-2H3,(H,14,16). The van der Waals surface area contributed by atoms with Crippen LogP contribution in [0.1, 0.15) is 32.6 Å². The van der Waals surface area contributed by atoms with Crippen LogP contribution in [0.4, 0.5) is 0 Å². The zero-order chi connectivity index (χ0) is 11.8. The number of nitrogens with two attached hydrogens (primary N) is 1. The average Bonchev–Trinajstić information content (AvgIpc) is 2.84. The summed E-state index contributed by atoms with van der Waals surface area (Å²) in [5.74, 6) is 0.178. The predicted octanol–water partition coefficient (Wildman–Crippen LogP) is 0.324. The third-order valence-corrected chi connectivity index (χ3v) is 4.24. The van der Waals surface area contributed by atoms with E-state index in [1.807, 2.05) is 0 Å². The quantitative estimate of drug-likeness (QED) is 0.712. The van der Waals surface area contributed by atoms with E-state index in [1.165, 1.54) is 6.42 Å². The first-order valence-corrected chi connectivity index (χ1v) is 6.27. The molecule has 0 bridgehead atoms. The van der Waals surface area contributed by atoms with Gasteiger partial charge in [-0.2, -0.15) is 0 Å². The van der Waals surface area contributed by atoms with Gasteiger partial charge < -0.3 is 11.1 Å². The van der Waals surface area contributed by atoms with Gasteiger partial charge in [0.25, 0.3) is 0 Å². The Kier molecular flexibility index (Phi) is 3.22. The summed E-state index contributed by atoms with van der Waals surface area (Å²) in [5, 5.41) is 2.78. The van der Waals surface area contributed by atoms with Gasteiger partial charge in [0.2, 0.25) is 5.91 Å². The Morgan fingerprint density at radius 3 is 2.81 bits per heavy atom. The summed E-state index contributed by atoms with van der Waals surface area (Å²) in [6.45, 7) is 4.01. The van der Waals surface area contributed by atoms with E-state index in [4.69, 9.17) is 5.73 Å². The van der Waals surface area contributed by atoms with E-state index < -0.39 is 0 Å². The van der Waals surface area contributed by atoms with E-state index in [9.17, 15) is 4.79 Å². The van der Waals surface area contributed by atoms with Crippen molar-refractivity contribution in [2.24, 2.45) is 11.1 Å². The van der Waals surface area contributed by atoms with Crippen LogP contribution in [0.15, 0.2) is 0 Å². The second kappa shape index (κ2) is 4.34. The van der Waals surface area contributed by atoms with Gasteiger partial charge >= 0.3 is 0 Å². The van der Waals surface area contributed by atoms with E-state index in [2.05, 4.69) is 17.1 Å². The molecule has 16 heavy (non-hydrogen) atoms. The van der Waals surface area contributed by atoms with Crippen molar-refractivity contribution in [3.05, 3.63) is 0 Å². The normalized spacial score (nSPS) is 40.2. The number of nitrogens with zero attached hydrogens (tertiary/aromatic N) is 1. The molecular formula is C12H23N3O. The Morgan fingerprint density at radius 1 is 1.50 bits per heavy atom. The molecule has 2 rings (SSSR count). The summed E-state index contributed by atoms with van der Waals surface area (Å²) in [5.41, 5.74) is 5.75. The monoisotopic (exact) mass is 225 g/mol. The third kappa shape index (κ3) is 2.09. The first-order chi connectivity index (χ1) is 7.55. The molecule has 1 aliphatic heterocycles. The first kappa shape index (κ1) is 11.9. The van der Waals surface area contributed by atoms with Crippen molar-refractivity contribution in [1.29, 1.82) is 0 Å². The Morgan fingerprint density at radius 2 is 2.25 bits per heavy atom. The maximum atomic E-state index is 11.8. The average molecular weight is 225 g/mol. The molecule has 1 saturated heterocycles. The molecule has 0 aromatic carbocycles. The minimum Gasteiger partial charge on any atom is -0.359 e. The highest BCUT2D eigenvalue weighted by Gasteiger charge is 2.42. The van der Waals surface area contributed by atoms with Gasteiger partial charge in [0.1, 0.15) is 0 Å². The third-order valence-electron chi connectivity index (χ3n) is 4.24. The second-order valence-electron chi connectivity index (χ2n) is 5.59. The van der Waals surface area contributed by atoms with Crippen LogP contribution >= 0.6 is 0 Å². The molecule has 3 unspecified atom stereocenters. The minimum absolute atomic E-state index is 0.178. The van der Waals surface area contributed by atoms with Crippen molar-refractivity contribution in [3.8, 4) is 0 Å². The SMILES string of the molecule is CNC(=O)C1(C)CCN(C2CCC(N)C2)C1. The molecule has 0 aromatic rings. The van der Waals surface area contributed by atoms with Gasteiger partial charge in [-0.3, -0.25) is 9.69 Å². The number of amides is 1. The van der Waals surface area contributed by atoms with Gasteiger partial charge in [0.05, 0.1) is 5.41 Å². The molecule has 0 aromatic heterocycles. The van der Waals surface area contributed by atoms with Crippen LogP contribution in [-0.2, 0) is 4.79 Å². The number of nitrogens with one attached hydrogen (secondary N) is 1. The van der Waals surface area contributed by atoms with Crippen molar-refractivity contribution in [1.82, 2.24) is 10.2 Å². The molecule has 1 heterocycles. The smallest absolute Gasteiger partial charge is 0.227 e. The molecule has 2 aliphatic rings. The van der Waals surface area contributed by atoms with E-state index in [0.29, 0.717) is 12.1 Å². The molecule has 0 radical (unpaired) electrons. The summed E-state index contributed by atoms with van der Waals surface area (Å²) < 4.78 is 0. The van der Waals surface area contributed by atoms with Gasteiger partial charge in [0.15, 0.2) is 0 Å². The molecule has 4 heteroatoms. The lowest BCUT2D eigenvalue weighted by Gasteiger charge is -2.26. The van der Waals surface area contributed by atoms with Crippen LogP contribution in [0.5, 0.6) is 0 Å². The fourth-order valence-electron chi connectivity index (χ4n) is 3.12. The van der Waals surface area contributed by atoms with Crippen LogP contribution < -0.4 is 11.1 Å². The summed E-state index contributed by atoms with van der Waals surface area (Å²) in [4.78, 5) is 14.3. The molecule has 1 amide bonds. The zero-order valence-electron chi connectivity index (χ0n) is 10.3. The first-order valence-electron chi connectivity index (χ1n) is 6.27. The number of carbonyl (C=O) groups excluding carboxylic acids is 1.